The highest BCUT2D eigenvalue weighted by molar-refractivity contribution is 6.05. The molecule has 1 N–H and O–H groups in total. The third-order valence-corrected chi connectivity index (χ3v) is 2.49. The van der Waals surface area contributed by atoms with Gasteiger partial charge in [-0.25, -0.2) is 0 Å². The van der Waals surface area contributed by atoms with E-state index in [4.69, 9.17) is 0 Å². The van der Waals surface area contributed by atoms with Gasteiger partial charge in [0.15, 0.2) is 0 Å². The number of pyridine rings is 1. The van der Waals surface area contributed by atoms with Crippen LogP contribution in [-0.2, 0) is 4.79 Å². The van der Waals surface area contributed by atoms with Crippen LogP contribution in [0.5, 0.6) is 0 Å². The van der Waals surface area contributed by atoms with Gasteiger partial charge in [-0.3, -0.25) is 9.78 Å². The van der Waals surface area contributed by atoms with Crippen LogP contribution in [0.4, 0.5) is 5.69 Å². The van der Waals surface area contributed by atoms with Crippen molar-refractivity contribution in [1.29, 1.82) is 0 Å². The molecule has 0 aliphatic rings. The summed E-state index contributed by atoms with van der Waals surface area (Å²) in [6, 6.07) is 7.63. The third-order valence-electron chi connectivity index (χ3n) is 2.49. The number of hydrogen-bond acceptors (Lipinski definition) is 2. The number of fused-ring (bicyclic) bond motifs is 1. The predicted molar refractivity (Wildman–Crippen MR) is 74.3 cm³/mol. The highest BCUT2D eigenvalue weighted by atomic mass is 16.1. The minimum Gasteiger partial charge on any atom is -0.322 e. The summed E-state index contributed by atoms with van der Waals surface area (Å²) in [7, 11) is 0. The molecular weight excluding hydrogens is 224 g/mol. The summed E-state index contributed by atoms with van der Waals surface area (Å²) in [5.41, 5.74) is 0.796. The first kappa shape index (κ1) is 12.0. The van der Waals surface area contributed by atoms with Gasteiger partial charge in [0.1, 0.15) is 0 Å². The first-order valence-corrected chi connectivity index (χ1v) is 5.74. The molecule has 90 valence electrons. The fourth-order valence-electron chi connectivity index (χ4n) is 1.66. The van der Waals surface area contributed by atoms with Crippen LogP contribution in [0.3, 0.4) is 0 Å². The SMILES string of the molecule is C/C=C/C=C/C(=O)Nc1cccc2cnccc12. The largest absolute Gasteiger partial charge is 0.322 e. The molecule has 0 atom stereocenters. The van der Waals surface area contributed by atoms with Crippen molar-refractivity contribution in [1.82, 2.24) is 4.98 Å². The lowest BCUT2D eigenvalue weighted by atomic mass is 10.1. The van der Waals surface area contributed by atoms with E-state index in [1.165, 1.54) is 6.08 Å². The predicted octanol–water partition coefficient (Wildman–Crippen LogP) is 3.31. The van der Waals surface area contributed by atoms with E-state index in [-0.39, 0.29) is 5.91 Å². The zero-order valence-electron chi connectivity index (χ0n) is 10.1. The molecule has 1 heterocycles. The van der Waals surface area contributed by atoms with Crippen LogP contribution >= 0.6 is 0 Å². The number of nitrogens with zero attached hydrogens (tertiary/aromatic N) is 1. The Balaban J connectivity index is 2.24. The Morgan fingerprint density at radius 2 is 2.17 bits per heavy atom. The van der Waals surface area contributed by atoms with E-state index in [1.54, 1.807) is 18.5 Å². The van der Waals surface area contributed by atoms with E-state index >= 15 is 0 Å². The number of carbonyl (C=O) groups excluding carboxylic acids is 1. The number of aromatic nitrogens is 1. The monoisotopic (exact) mass is 238 g/mol. The van der Waals surface area contributed by atoms with E-state index in [9.17, 15) is 4.79 Å². The lowest BCUT2D eigenvalue weighted by Crippen LogP contribution is -2.07. The lowest BCUT2D eigenvalue weighted by Gasteiger charge is -2.06. The molecule has 0 bridgehead atoms. The summed E-state index contributed by atoms with van der Waals surface area (Å²) in [6.07, 6.45) is 10.4. The van der Waals surface area contributed by atoms with Gasteiger partial charge in [0.25, 0.3) is 0 Å². The number of carbonyl (C=O) groups is 1. The van der Waals surface area contributed by atoms with Crippen LogP contribution in [0.25, 0.3) is 10.8 Å². The summed E-state index contributed by atoms with van der Waals surface area (Å²) >= 11 is 0. The number of hydrogen-bond donors (Lipinski definition) is 1. The van der Waals surface area contributed by atoms with E-state index in [1.807, 2.05) is 43.3 Å². The molecule has 18 heavy (non-hydrogen) atoms. The molecule has 2 aromatic rings. The second-order valence-electron chi connectivity index (χ2n) is 3.78. The van der Waals surface area contributed by atoms with Crippen molar-refractivity contribution < 1.29 is 4.79 Å². The van der Waals surface area contributed by atoms with Crippen molar-refractivity contribution in [3.05, 3.63) is 61.0 Å². The highest BCUT2D eigenvalue weighted by Crippen LogP contribution is 2.21. The lowest BCUT2D eigenvalue weighted by molar-refractivity contribution is -0.111. The summed E-state index contributed by atoms with van der Waals surface area (Å²) in [4.78, 5) is 15.7. The number of anilines is 1. The third kappa shape index (κ3) is 2.83. The summed E-state index contributed by atoms with van der Waals surface area (Å²) in [5, 5.41) is 4.85. The molecule has 0 saturated heterocycles. The molecular formula is C15H14N2O. The molecule has 2 rings (SSSR count). The van der Waals surface area contributed by atoms with E-state index in [0.717, 1.165) is 16.5 Å². The maximum Gasteiger partial charge on any atom is 0.248 e. The Bertz CT molecular complexity index is 609. The standard InChI is InChI=1S/C15H14N2O/c1-2-3-4-8-15(18)17-14-7-5-6-12-11-16-10-9-13(12)14/h2-11H,1H3,(H,17,18)/b3-2+,8-4+. The van der Waals surface area contributed by atoms with Gasteiger partial charge in [-0.2, -0.15) is 0 Å². The molecule has 0 aliphatic heterocycles. The molecule has 0 radical (unpaired) electrons. The van der Waals surface area contributed by atoms with Crippen LogP contribution in [0, 0.1) is 0 Å². The van der Waals surface area contributed by atoms with Crippen LogP contribution in [0.1, 0.15) is 6.92 Å². The molecule has 0 fully saturated rings. The van der Waals surface area contributed by atoms with Crippen LogP contribution < -0.4 is 5.32 Å². The molecule has 0 unspecified atom stereocenters. The summed E-state index contributed by atoms with van der Waals surface area (Å²) < 4.78 is 0. The zero-order valence-corrected chi connectivity index (χ0v) is 10.1. The quantitative estimate of drug-likeness (QED) is 0.658. The maximum atomic E-state index is 11.7. The number of allylic oxidation sites excluding steroid dienone is 3. The minimum absolute atomic E-state index is 0.141. The number of nitrogens with one attached hydrogen (secondary N) is 1. The van der Waals surface area contributed by atoms with Gasteiger partial charge in [-0.05, 0) is 19.1 Å². The molecule has 0 spiro atoms. The van der Waals surface area contributed by atoms with Crippen molar-refractivity contribution >= 4 is 22.4 Å². The van der Waals surface area contributed by atoms with Crippen molar-refractivity contribution in [2.75, 3.05) is 5.32 Å². The normalized spacial score (nSPS) is 11.4. The molecule has 3 nitrogen and oxygen atoms in total. The van der Waals surface area contributed by atoms with E-state index in [2.05, 4.69) is 10.3 Å². The number of rotatable bonds is 3. The van der Waals surface area contributed by atoms with Gasteiger partial charge in [-0.1, -0.05) is 30.4 Å². The maximum absolute atomic E-state index is 11.7. The molecule has 0 aliphatic carbocycles. The Kier molecular flexibility index (Phi) is 3.86. The van der Waals surface area contributed by atoms with Gasteiger partial charge < -0.3 is 5.32 Å². The minimum atomic E-state index is -0.141. The van der Waals surface area contributed by atoms with Crippen molar-refractivity contribution in [3.63, 3.8) is 0 Å². The fourth-order valence-corrected chi connectivity index (χ4v) is 1.66. The van der Waals surface area contributed by atoms with Crippen LogP contribution in [-0.4, -0.2) is 10.9 Å². The summed E-state index contributed by atoms with van der Waals surface area (Å²) in [5.74, 6) is -0.141. The van der Waals surface area contributed by atoms with Crippen molar-refractivity contribution in [2.45, 2.75) is 6.92 Å². The van der Waals surface area contributed by atoms with Crippen molar-refractivity contribution in [3.8, 4) is 0 Å². The van der Waals surface area contributed by atoms with Gasteiger partial charge in [0.2, 0.25) is 5.91 Å². The molecule has 1 aromatic carbocycles. The van der Waals surface area contributed by atoms with Crippen LogP contribution in [0.2, 0.25) is 0 Å². The summed E-state index contributed by atoms with van der Waals surface area (Å²) in [6.45, 7) is 1.90. The molecule has 1 amide bonds. The van der Waals surface area contributed by atoms with Crippen molar-refractivity contribution in [2.24, 2.45) is 0 Å². The average molecular weight is 238 g/mol. The first-order valence-electron chi connectivity index (χ1n) is 5.74. The smallest absolute Gasteiger partial charge is 0.248 e. The average Bonchev–Trinajstić information content (AvgIpc) is 2.39. The number of amides is 1. The van der Waals surface area contributed by atoms with E-state index < -0.39 is 0 Å². The molecule has 1 aromatic heterocycles. The van der Waals surface area contributed by atoms with Gasteiger partial charge in [0, 0.05) is 34.9 Å². The van der Waals surface area contributed by atoms with E-state index in [0.29, 0.717) is 0 Å². The Morgan fingerprint density at radius 3 is 3.00 bits per heavy atom. The van der Waals surface area contributed by atoms with Gasteiger partial charge in [-0.15, -0.1) is 0 Å². The Hall–Kier alpha value is -2.42. The number of benzene rings is 1. The molecule has 0 saturated carbocycles. The second kappa shape index (κ2) is 5.77. The topological polar surface area (TPSA) is 42.0 Å². The van der Waals surface area contributed by atoms with Gasteiger partial charge in [0.05, 0.1) is 0 Å². The second-order valence-corrected chi connectivity index (χ2v) is 3.78. The van der Waals surface area contributed by atoms with Crippen LogP contribution in [0.15, 0.2) is 61.0 Å². The Morgan fingerprint density at radius 1 is 1.28 bits per heavy atom. The van der Waals surface area contributed by atoms with Gasteiger partial charge >= 0.3 is 0 Å². The zero-order chi connectivity index (χ0) is 12.8. The molecule has 3 heteroatoms. The highest BCUT2D eigenvalue weighted by Gasteiger charge is 2.02. The Labute approximate surface area is 106 Å². The first-order chi connectivity index (χ1) is 8.81. The fraction of sp³-hybridized carbons (Fsp3) is 0.0667.